The van der Waals surface area contributed by atoms with Gasteiger partial charge in [0, 0.05) is 31.6 Å². The van der Waals surface area contributed by atoms with Crippen LogP contribution in [0, 0.1) is 0 Å². The third-order valence-corrected chi connectivity index (χ3v) is 3.25. The molecule has 0 spiro atoms. The van der Waals surface area contributed by atoms with Gasteiger partial charge in [-0.1, -0.05) is 0 Å². The molecule has 21 heavy (non-hydrogen) atoms. The van der Waals surface area contributed by atoms with E-state index < -0.39 is 5.97 Å². The second-order valence-corrected chi connectivity index (χ2v) is 5.61. The van der Waals surface area contributed by atoms with Gasteiger partial charge in [0.25, 0.3) is 0 Å². The number of nitrogens with one attached hydrogen (secondary N) is 2. The monoisotopic (exact) mass is 299 g/mol. The summed E-state index contributed by atoms with van der Waals surface area (Å²) in [5.41, 5.74) is 0. The van der Waals surface area contributed by atoms with Crippen LogP contribution in [0.4, 0.5) is 4.79 Å². The maximum absolute atomic E-state index is 12.0. The zero-order chi connectivity index (χ0) is 15.8. The highest BCUT2D eigenvalue weighted by Gasteiger charge is 2.23. The largest absolute Gasteiger partial charge is 0.481 e. The topological polar surface area (TPSA) is 98.7 Å². The van der Waals surface area contributed by atoms with E-state index in [9.17, 15) is 14.4 Å². The minimum atomic E-state index is -0.926. The van der Waals surface area contributed by atoms with E-state index in [1.807, 2.05) is 13.8 Å². The Morgan fingerprint density at radius 1 is 1.24 bits per heavy atom. The molecule has 1 rings (SSSR count). The predicted octanol–water partition coefficient (Wildman–Crippen LogP) is 0.940. The molecule has 3 N–H and O–H groups in total. The number of rotatable bonds is 9. The number of urea groups is 1. The standard InChI is InChI=1S/C14H25N3O4/c1-10(2)17(9-7-13(19)20)14(21)15-8-3-4-12(18)16-11-5-6-11/h10-11H,3-9H2,1-2H3,(H,15,21)(H,16,18)(H,19,20). The Labute approximate surface area is 125 Å². The van der Waals surface area contributed by atoms with Crippen molar-refractivity contribution >= 4 is 17.9 Å². The molecule has 0 heterocycles. The second-order valence-electron chi connectivity index (χ2n) is 5.61. The van der Waals surface area contributed by atoms with Gasteiger partial charge in [0.1, 0.15) is 0 Å². The fraction of sp³-hybridized carbons (Fsp3) is 0.786. The molecule has 0 unspecified atom stereocenters. The quantitative estimate of drug-likeness (QED) is 0.552. The molecule has 0 saturated heterocycles. The van der Waals surface area contributed by atoms with E-state index in [2.05, 4.69) is 10.6 Å². The number of carbonyl (C=O) groups is 3. The van der Waals surface area contributed by atoms with E-state index in [1.165, 1.54) is 4.90 Å². The molecule has 0 aromatic rings. The molecule has 120 valence electrons. The molecule has 0 aliphatic heterocycles. The lowest BCUT2D eigenvalue weighted by atomic mass is 10.3. The molecule has 0 aromatic carbocycles. The summed E-state index contributed by atoms with van der Waals surface area (Å²) < 4.78 is 0. The van der Waals surface area contributed by atoms with Crippen LogP contribution in [0.1, 0.15) is 46.0 Å². The highest BCUT2D eigenvalue weighted by Crippen LogP contribution is 2.18. The highest BCUT2D eigenvalue weighted by atomic mass is 16.4. The van der Waals surface area contributed by atoms with E-state index in [4.69, 9.17) is 5.11 Å². The van der Waals surface area contributed by atoms with Crippen LogP contribution in [0.2, 0.25) is 0 Å². The van der Waals surface area contributed by atoms with Crippen LogP contribution in [0.15, 0.2) is 0 Å². The van der Waals surface area contributed by atoms with Gasteiger partial charge in [-0.05, 0) is 33.1 Å². The molecule has 0 radical (unpaired) electrons. The number of carboxylic acids is 1. The molecule has 3 amide bonds. The Hall–Kier alpha value is -1.79. The molecule has 1 saturated carbocycles. The average Bonchev–Trinajstić information content (AvgIpc) is 3.18. The van der Waals surface area contributed by atoms with Crippen LogP contribution < -0.4 is 10.6 Å². The molecule has 0 aromatic heterocycles. The first-order valence-electron chi connectivity index (χ1n) is 7.45. The van der Waals surface area contributed by atoms with Crippen molar-refractivity contribution in [1.82, 2.24) is 15.5 Å². The van der Waals surface area contributed by atoms with Crippen molar-refractivity contribution in [2.24, 2.45) is 0 Å². The maximum atomic E-state index is 12.0. The van der Waals surface area contributed by atoms with Crippen LogP contribution >= 0.6 is 0 Å². The van der Waals surface area contributed by atoms with Gasteiger partial charge in [0.15, 0.2) is 0 Å². The molecular formula is C14H25N3O4. The summed E-state index contributed by atoms with van der Waals surface area (Å²) in [6.07, 6.45) is 3.03. The molecule has 7 heteroatoms. The second kappa shape index (κ2) is 8.49. The normalized spacial score (nSPS) is 13.9. The SMILES string of the molecule is CC(C)N(CCC(=O)O)C(=O)NCCCC(=O)NC1CC1. The van der Waals surface area contributed by atoms with Crippen molar-refractivity contribution in [2.45, 2.75) is 58.0 Å². The lowest BCUT2D eigenvalue weighted by Crippen LogP contribution is -2.45. The van der Waals surface area contributed by atoms with Crippen LogP contribution in [-0.4, -0.2) is 53.1 Å². The predicted molar refractivity (Wildman–Crippen MR) is 77.9 cm³/mol. The van der Waals surface area contributed by atoms with Gasteiger partial charge >= 0.3 is 12.0 Å². The summed E-state index contributed by atoms with van der Waals surface area (Å²) in [6.45, 7) is 4.27. The highest BCUT2D eigenvalue weighted by molar-refractivity contribution is 5.77. The third kappa shape index (κ3) is 7.53. The fourth-order valence-electron chi connectivity index (χ4n) is 1.88. The van der Waals surface area contributed by atoms with Crippen LogP contribution in [0.5, 0.6) is 0 Å². The molecule has 1 aliphatic rings. The fourth-order valence-corrected chi connectivity index (χ4v) is 1.88. The summed E-state index contributed by atoms with van der Waals surface area (Å²) in [6, 6.07) is 0.0101. The molecule has 7 nitrogen and oxygen atoms in total. The summed E-state index contributed by atoms with van der Waals surface area (Å²) in [5.74, 6) is -0.900. The summed E-state index contributed by atoms with van der Waals surface area (Å²) in [7, 11) is 0. The van der Waals surface area contributed by atoms with E-state index >= 15 is 0 Å². The van der Waals surface area contributed by atoms with Crippen molar-refractivity contribution in [3.05, 3.63) is 0 Å². The zero-order valence-corrected chi connectivity index (χ0v) is 12.7. The zero-order valence-electron chi connectivity index (χ0n) is 12.7. The number of carboxylic acid groups (broad SMARTS) is 1. The first-order chi connectivity index (χ1) is 9.90. The van der Waals surface area contributed by atoms with Crippen molar-refractivity contribution in [3.63, 3.8) is 0 Å². The summed E-state index contributed by atoms with van der Waals surface area (Å²) in [4.78, 5) is 35.5. The Morgan fingerprint density at radius 3 is 2.43 bits per heavy atom. The van der Waals surface area contributed by atoms with E-state index in [1.54, 1.807) is 0 Å². The molecule has 1 fully saturated rings. The average molecular weight is 299 g/mol. The van der Waals surface area contributed by atoms with Crippen LogP contribution in [-0.2, 0) is 9.59 Å². The number of hydrogen-bond donors (Lipinski definition) is 3. The molecular weight excluding hydrogens is 274 g/mol. The minimum Gasteiger partial charge on any atom is -0.481 e. The summed E-state index contributed by atoms with van der Waals surface area (Å²) in [5, 5.41) is 14.3. The number of nitrogens with zero attached hydrogens (tertiary/aromatic N) is 1. The van der Waals surface area contributed by atoms with Gasteiger partial charge in [-0.2, -0.15) is 0 Å². The first-order valence-corrected chi connectivity index (χ1v) is 7.45. The van der Waals surface area contributed by atoms with Gasteiger partial charge < -0.3 is 20.6 Å². The van der Waals surface area contributed by atoms with E-state index in [0.29, 0.717) is 25.4 Å². The van der Waals surface area contributed by atoms with Crippen molar-refractivity contribution in [3.8, 4) is 0 Å². The maximum Gasteiger partial charge on any atom is 0.317 e. The van der Waals surface area contributed by atoms with Crippen molar-refractivity contribution in [1.29, 1.82) is 0 Å². The minimum absolute atomic E-state index is 0.0262. The van der Waals surface area contributed by atoms with Gasteiger partial charge in [-0.15, -0.1) is 0 Å². The molecule has 0 bridgehead atoms. The molecule has 0 atom stereocenters. The Balaban J connectivity index is 2.19. The number of carbonyl (C=O) groups excluding carboxylic acids is 2. The Bertz CT molecular complexity index is 380. The lowest BCUT2D eigenvalue weighted by Gasteiger charge is -2.26. The first kappa shape index (κ1) is 17.3. The number of aliphatic carboxylic acids is 1. The van der Waals surface area contributed by atoms with Gasteiger partial charge in [-0.25, -0.2) is 4.79 Å². The summed E-state index contributed by atoms with van der Waals surface area (Å²) >= 11 is 0. The van der Waals surface area contributed by atoms with Crippen LogP contribution in [0.25, 0.3) is 0 Å². The Kier molecular flexibility index (Phi) is 6.98. The Morgan fingerprint density at radius 2 is 1.90 bits per heavy atom. The van der Waals surface area contributed by atoms with Crippen molar-refractivity contribution < 1.29 is 19.5 Å². The molecule has 1 aliphatic carbocycles. The van der Waals surface area contributed by atoms with E-state index in [-0.39, 0.29) is 30.9 Å². The lowest BCUT2D eigenvalue weighted by molar-refractivity contribution is -0.137. The number of amides is 3. The van der Waals surface area contributed by atoms with Crippen LogP contribution in [0.3, 0.4) is 0 Å². The number of hydrogen-bond acceptors (Lipinski definition) is 3. The van der Waals surface area contributed by atoms with Crippen molar-refractivity contribution in [2.75, 3.05) is 13.1 Å². The smallest absolute Gasteiger partial charge is 0.317 e. The third-order valence-electron chi connectivity index (χ3n) is 3.25. The van der Waals surface area contributed by atoms with Gasteiger partial charge in [0.2, 0.25) is 5.91 Å². The van der Waals surface area contributed by atoms with E-state index in [0.717, 1.165) is 12.8 Å². The van der Waals surface area contributed by atoms with Gasteiger partial charge in [-0.3, -0.25) is 9.59 Å². The van der Waals surface area contributed by atoms with Gasteiger partial charge in [0.05, 0.1) is 6.42 Å².